The number of ether oxygens (including phenoxy) is 1. The SMILES string of the molecule is CC(C)(C)OC(=O)NC(Cc1ccccc1)Cc1c[nH]c2ccccc12. The number of aromatic amines is 1. The molecule has 0 aliphatic carbocycles. The van der Waals surface area contributed by atoms with Crippen molar-refractivity contribution < 1.29 is 9.53 Å². The lowest BCUT2D eigenvalue weighted by Crippen LogP contribution is -2.41. The normalized spacial score (nSPS) is 12.7. The number of aromatic nitrogens is 1. The summed E-state index contributed by atoms with van der Waals surface area (Å²) in [6.07, 6.45) is 3.13. The smallest absolute Gasteiger partial charge is 0.407 e. The van der Waals surface area contributed by atoms with Crippen molar-refractivity contribution >= 4 is 17.0 Å². The first-order valence-electron chi connectivity index (χ1n) is 8.99. The van der Waals surface area contributed by atoms with Crippen LogP contribution in [0.3, 0.4) is 0 Å². The predicted molar refractivity (Wildman–Crippen MR) is 105 cm³/mol. The van der Waals surface area contributed by atoms with Gasteiger partial charge in [-0.25, -0.2) is 4.79 Å². The average Bonchev–Trinajstić information content (AvgIpc) is 2.97. The largest absolute Gasteiger partial charge is 0.444 e. The fourth-order valence-electron chi connectivity index (χ4n) is 3.11. The molecule has 3 rings (SSSR count). The summed E-state index contributed by atoms with van der Waals surface area (Å²) >= 11 is 0. The molecule has 0 radical (unpaired) electrons. The molecular weight excluding hydrogens is 324 g/mol. The average molecular weight is 350 g/mol. The fraction of sp³-hybridized carbons (Fsp3) is 0.318. The zero-order chi connectivity index (χ0) is 18.6. The van der Waals surface area contributed by atoms with E-state index >= 15 is 0 Å². The first-order valence-corrected chi connectivity index (χ1v) is 8.99. The molecule has 0 fully saturated rings. The molecule has 2 N–H and O–H groups in total. The third kappa shape index (κ3) is 4.88. The number of rotatable bonds is 5. The van der Waals surface area contributed by atoms with E-state index in [2.05, 4.69) is 34.6 Å². The first-order chi connectivity index (χ1) is 12.4. The highest BCUT2D eigenvalue weighted by Crippen LogP contribution is 2.20. The zero-order valence-corrected chi connectivity index (χ0v) is 15.6. The molecule has 136 valence electrons. The van der Waals surface area contributed by atoms with Gasteiger partial charge in [0.15, 0.2) is 0 Å². The molecule has 3 aromatic rings. The van der Waals surface area contributed by atoms with Crippen LogP contribution in [-0.2, 0) is 17.6 Å². The number of para-hydroxylation sites is 1. The Bertz CT molecular complexity index is 862. The molecule has 2 aromatic carbocycles. The lowest BCUT2D eigenvalue weighted by atomic mass is 9.99. The van der Waals surface area contributed by atoms with Gasteiger partial charge in [-0.1, -0.05) is 48.5 Å². The molecule has 1 aromatic heterocycles. The molecule has 1 amide bonds. The maximum absolute atomic E-state index is 12.3. The minimum atomic E-state index is -0.512. The molecule has 1 unspecified atom stereocenters. The van der Waals surface area contributed by atoms with Crippen LogP contribution >= 0.6 is 0 Å². The molecule has 1 heterocycles. The van der Waals surface area contributed by atoms with Crippen LogP contribution in [0.1, 0.15) is 31.9 Å². The van der Waals surface area contributed by atoms with Crippen molar-refractivity contribution in [3.8, 4) is 0 Å². The number of carbonyl (C=O) groups excluding carboxylic acids is 1. The van der Waals surface area contributed by atoms with Crippen molar-refractivity contribution in [2.24, 2.45) is 0 Å². The Labute approximate surface area is 154 Å². The van der Waals surface area contributed by atoms with Crippen LogP contribution < -0.4 is 5.32 Å². The highest BCUT2D eigenvalue weighted by molar-refractivity contribution is 5.83. The molecule has 0 spiro atoms. The summed E-state index contributed by atoms with van der Waals surface area (Å²) < 4.78 is 5.45. The van der Waals surface area contributed by atoms with Crippen LogP contribution in [0.25, 0.3) is 10.9 Å². The van der Waals surface area contributed by atoms with Gasteiger partial charge >= 0.3 is 6.09 Å². The second-order valence-corrected chi connectivity index (χ2v) is 7.60. The minimum absolute atomic E-state index is 0.0496. The number of alkyl carbamates (subject to hydrolysis) is 1. The van der Waals surface area contributed by atoms with E-state index in [1.807, 2.05) is 57.3 Å². The number of hydrogen-bond donors (Lipinski definition) is 2. The zero-order valence-electron chi connectivity index (χ0n) is 15.6. The van der Waals surface area contributed by atoms with E-state index in [1.54, 1.807) is 0 Å². The Morgan fingerprint density at radius 2 is 1.73 bits per heavy atom. The second-order valence-electron chi connectivity index (χ2n) is 7.60. The van der Waals surface area contributed by atoms with Crippen molar-refractivity contribution in [3.63, 3.8) is 0 Å². The van der Waals surface area contributed by atoms with Gasteiger partial charge in [0.2, 0.25) is 0 Å². The van der Waals surface area contributed by atoms with Crippen LogP contribution in [0, 0.1) is 0 Å². The predicted octanol–water partition coefficient (Wildman–Crippen LogP) is 4.85. The minimum Gasteiger partial charge on any atom is -0.444 e. The number of nitrogens with one attached hydrogen (secondary N) is 2. The van der Waals surface area contributed by atoms with Crippen molar-refractivity contribution in [1.82, 2.24) is 10.3 Å². The summed E-state index contributed by atoms with van der Waals surface area (Å²) in [7, 11) is 0. The number of benzene rings is 2. The molecule has 0 saturated carbocycles. The molecular formula is C22H26N2O2. The number of hydrogen-bond acceptors (Lipinski definition) is 2. The second kappa shape index (κ2) is 7.65. The third-order valence-electron chi connectivity index (χ3n) is 4.19. The Kier molecular flexibility index (Phi) is 5.31. The number of amides is 1. The van der Waals surface area contributed by atoms with Gasteiger partial charge in [0.1, 0.15) is 5.60 Å². The van der Waals surface area contributed by atoms with Crippen LogP contribution in [0.5, 0.6) is 0 Å². The Morgan fingerprint density at radius 1 is 1.04 bits per heavy atom. The highest BCUT2D eigenvalue weighted by Gasteiger charge is 2.21. The summed E-state index contributed by atoms with van der Waals surface area (Å²) in [6.45, 7) is 5.62. The van der Waals surface area contributed by atoms with Crippen molar-refractivity contribution in [2.75, 3.05) is 0 Å². The molecule has 0 aliphatic rings. The van der Waals surface area contributed by atoms with E-state index in [0.29, 0.717) is 0 Å². The van der Waals surface area contributed by atoms with Crippen molar-refractivity contribution in [3.05, 3.63) is 71.9 Å². The van der Waals surface area contributed by atoms with Crippen LogP contribution in [0.4, 0.5) is 4.79 Å². The summed E-state index contributed by atoms with van der Waals surface area (Å²) in [4.78, 5) is 15.6. The van der Waals surface area contributed by atoms with Gasteiger partial charge in [0.05, 0.1) is 0 Å². The van der Waals surface area contributed by atoms with Gasteiger partial charge in [0, 0.05) is 23.1 Å². The topological polar surface area (TPSA) is 54.1 Å². The van der Waals surface area contributed by atoms with Gasteiger partial charge < -0.3 is 15.0 Å². The molecule has 4 heteroatoms. The lowest BCUT2D eigenvalue weighted by Gasteiger charge is -2.24. The van der Waals surface area contributed by atoms with E-state index in [-0.39, 0.29) is 12.1 Å². The Morgan fingerprint density at radius 3 is 2.46 bits per heavy atom. The summed E-state index contributed by atoms with van der Waals surface area (Å²) in [5, 5.41) is 4.24. The molecule has 4 nitrogen and oxygen atoms in total. The highest BCUT2D eigenvalue weighted by atomic mass is 16.6. The lowest BCUT2D eigenvalue weighted by molar-refractivity contribution is 0.0504. The van der Waals surface area contributed by atoms with Crippen molar-refractivity contribution in [1.29, 1.82) is 0 Å². The van der Waals surface area contributed by atoms with E-state index in [9.17, 15) is 4.79 Å². The molecule has 0 aliphatic heterocycles. The van der Waals surface area contributed by atoms with Gasteiger partial charge in [-0.2, -0.15) is 0 Å². The fourth-order valence-corrected chi connectivity index (χ4v) is 3.11. The first kappa shape index (κ1) is 18.1. The molecule has 26 heavy (non-hydrogen) atoms. The van der Waals surface area contributed by atoms with Crippen LogP contribution in [0.2, 0.25) is 0 Å². The van der Waals surface area contributed by atoms with Gasteiger partial charge in [-0.3, -0.25) is 0 Å². The maximum atomic E-state index is 12.3. The standard InChI is InChI=1S/C22H26N2O2/c1-22(2,3)26-21(25)24-18(13-16-9-5-4-6-10-16)14-17-15-23-20-12-8-7-11-19(17)20/h4-12,15,18,23H,13-14H2,1-3H3,(H,24,25). The van der Waals surface area contributed by atoms with Gasteiger partial charge in [-0.15, -0.1) is 0 Å². The maximum Gasteiger partial charge on any atom is 0.407 e. The van der Waals surface area contributed by atoms with E-state index in [4.69, 9.17) is 4.74 Å². The van der Waals surface area contributed by atoms with Crippen molar-refractivity contribution in [2.45, 2.75) is 45.3 Å². The monoisotopic (exact) mass is 350 g/mol. The summed E-state index contributed by atoms with van der Waals surface area (Å²) in [5.41, 5.74) is 2.98. The summed E-state index contributed by atoms with van der Waals surface area (Å²) in [6, 6.07) is 18.4. The Hall–Kier alpha value is -2.75. The molecule has 0 bridgehead atoms. The number of carbonyl (C=O) groups is 1. The number of H-pyrrole nitrogens is 1. The van der Waals surface area contributed by atoms with Gasteiger partial charge in [0.25, 0.3) is 0 Å². The van der Waals surface area contributed by atoms with Crippen LogP contribution in [0.15, 0.2) is 60.8 Å². The Balaban J connectivity index is 1.79. The molecule has 0 saturated heterocycles. The summed E-state index contributed by atoms with van der Waals surface area (Å²) in [5.74, 6) is 0. The third-order valence-corrected chi connectivity index (χ3v) is 4.19. The van der Waals surface area contributed by atoms with E-state index in [1.165, 1.54) is 16.5 Å². The van der Waals surface area contributed by atoms with E-state index in [0.717, 1.165) is 18.4 Å². The van der Waals surface area contributed by atoms with E-state index < -0.39 is 5.60 Å². The number of fused-ring (bicyclic) bond motifs is 1. The quantitative estimate of drug-likeness (QED) is 0.691. The molecule has 1 atom stereocenters. The van der Waals surface area contributed by atoms with Gasteiger partial charge in [-0.05, 0) is 50.8 Å². The van der Waals surface area contributed by atoms with Crippen LogP contribution in [-0.4, -0.2) is 22.7 Å².